The minimum atomic E-state index is -0.489. The average Bonchev–Trinajstić information content (AvgIpc) is 2.47. The molecule has 1 aromatic rings. The normalized spacial score (nSPS) is 20.3. The van der Waals surface area contributed by atoms with Crippen LogP contribution < -0.4 is 15.4 Å². The van der Waals surface area contributed by atoms with Crippen LogP contribution in [0.3, 0.4) is 0 Å². The summed E-state index contributed by atoms with van der Waals surface area (Å²) >= 11 is 0. The Morgan fingerprint density at radius 3 is 2.82 bits per heavy atom. The van der Waals surface area contributed by atoms with Crippen LogP contribution in [-0.2, 0) is 10.2 Å². The lowest BCUT2D eigenvalue weighted by atomic mass is 9.87. The first-order valence-electron chi connectivity index (χ1n) is 8.14. The van der Waals surface area contributed by atoms with Gasteiger partial charge in [-0.25, -0.2) is 0 Å². The quantitative estimate of drug-likeness (QED) is 0.899. The fraction of sp³-hybridized carbons (Fsp3) is 0.611. The van der Waals surface area contributed by atoms with E-state index >= 15 is 0 Å². The monoisotopic (exact) mass is 304 g/mol. The second-order valence-electron chi connectivity index (χ2n) is 7.09. The molecule has 1 aliphatic rings. The van der Waals surface area contributed by atoms with Gasteiger partial charge in [0.2, 0.25) is 0 Å². The van der Waals surface area contributed by atoms with Gasteiger partial charge in [0.25, 0.3) is 5.91 Å². The van der Waals surface area contributed by atoms with Crippen LogP contribution in [0.25, 0.3) is 0 Å². The van der Waals surface area contributed by atoms with Gasteiger partial charge >= 0.3 is 0 Å². The standard InChI is InChI=1S/C18H28N2O2/c1-13(17(21)20-15-8-6-10-19-12-15)22-16-9-5-7-14(11-16)18(2,3)4/h5,7,9,11,13,15,19H,6,8,10,12H2,1-4H3,(H,20,21)/t13?,15-/m0/s1. The molecule has 1 fully saturated rings. The van der Waals surface area contributed by atoms with Crippen molar-refractivity contribution < 1.29 is 9.53 Å². The van der Waals surface area contributed by atoms with E-state index in [4.69, 9.17) is 4.74 Å². The van der Waals surface area contributed by atoms with Gasteiger partial charge in [-0.15, -0.1) is 0 Å². The van der Waals surface area contributed by atoms with Crippen molar-refractivity contribution >= 4 is 5.91 Å². The Morgan fingerprint density at radius 2 is 2.18 bits per heavy atom. The maximum atomic E-state index is 12.2. The van der Waals surface area contributed by atoms with Crippen molar-refractivity contribution in [2.45, 2.75) is 58.1 Å². The Bertz CT molecular complexity index is 502. The molecule has 0 bridgehead atoms. The van der Waals surface area contributed by atoms with Gasteiger partial charge in [0, 0.05) is 12.6 Å². The molecular weight excluding hydrogens is 276 g/mol. The van der Waals surface area contributed by atoms with Crippen molar-refractivity contribution in [3.8, 4) is 5.75 Å². The molecule has 122 valence electrons. The predicted molar refractivity (Wildman–Crippen MR) is 89.3 cm³/mol. The third-order valence-corrected chi connectivity index (χ3v) is 4.03. The smallest absolute Gasteiger partial charge is 0.261 e. The molecule has 2 N–H and O–H groups in total. The summed E-state index contributed by atoms with van der Waals surface area (Å²) in [6.45, 7) is 10.2. The molecule has 4 heteroatoms. The Balaban J connectivity index is 1.93. The minimum absolute atomic E-state index is 0.0464. The van der Waals surface area contributed by atoms with Crippen LogP contribution in [0.5, 0.6) is 5.75 Å². The first kappa shape index (κ1) is 16.8. The molecule has 1 saturated heterocycles. The summed E-state index contributed by atoms with van der Waals surface area (Å²) in [6, 6.07) is 8.21. The number of nitrogens with one attached hydrogen (secondary N) is 2. The number of piperidine rings is 1. The summed E-state index contributed by atoms with van der Waals surface area (Å²) < 4.78 is 5.82. The number of hydrogen-bond donors (Lipinski definition) is 2. The van der Waals surface area contributed by atoms with Crippen molar-refractivity contribution in [2.24, 2.45) is 0 Å². The third-order valence-electron chi connectivity index (χ3n) is 4.03. The summed E-state index contributed by atoms with van der Waals surface area (Å²) in [5, 5.41) is 6.35. The van der Waals surface area contributed by atoms with Gasteiger partial charge < -0.3 is 15.4 Å². The third kappa shape index (κ3) is 4.73. The van der Waals surface area contributed by atoms with Crippen molar-refractivity contribution in [1.29, 1.82) is 0 Å². The highest BCUT2D eigenvalue weighted by Crippen LogP contribution is 2.26. The molecule has 4 nitrogen and oxygen atoms in total. The first-order chi connectivity index (χ1) is 10.4. The molecule has 22 heavy (non-hydrogen) atoms. The molecule has 1 aromatic carbocycles. The second-order valence-corrected chi connectivity index (χ2v) is 7.09. The molecule has 0 radical (unpaired) electrons. The van der Waals surface area contributed by atoms with E-state index in [9.17, 15) is 4.79 Å². The lowest BCUT2D eigenvalue weighted by Crippen LogP contribution is -2.49. The summed E-state index contributed by atoms with van der Waals surface area (Å²) in [4.78, 5) is 12.2. The first-order valence-corrected chi connectivity index (χ1v) is 8.14. The van der Waals surface area contributed by atoms with Crippen LogP contribution >= 0.6 is 0 Å². The zero-order valence-corrected chi connectivity index (χ0v) is 14.1. The van der Waals surface area contributed by atoms with Gasteiger partial charge in [0.15, 0.2) is 6.10 Å². The van der Waals surface area contributed by atoms with Crippen molar-refractivity contribution in [3.63, 3.8) is 0 Å². The topological polar surface area (TPSA) is 50.4 Å². The number of hydrogen-bond acceptors (Lipinski definition) is 3. The number of benzene rings is 1. The Morgan fingerprint density at radius 1 is 1.41 bits per heavy atom. The largest absolute Gasteiger partial charge is 0.481 e. The molecule has 0 spiro atoms. The highest BCUT2D eigenvalue weighted by atomic mass is 16.5. The van der Waals surface area contributed by atoms with Gasteiger partial charge in [-0.3, -0.25) is 4.79 Å². The highest BCUT2D eigenvalue weighted by Gasteiger charge is 2.21. The number of carbonyl (C=O) groups excluding carboxylic acids is 1. The lowest BCUT2D eigenvalue weighted by Gasteiger charge is -2.26. The summed E-state index contributed by atoms with van der Waals surface area (Å²) in [5.74, 6) is 0.701. The Kier molecular flexibility index (Phi) is 5.46. The van der Waals surface area contributed by atoms with E-state index < -0.39 is 6.10 Å². The SMILES string of the molecule is CC(Oc1cccc(C(C)(C)C)c1)C(=O)N[C@H]1CCCNC1. The number of rotatable bonds is 4. The van der Waals surface area contributed by atoms with Gasteiger partial charge in [-0.1, -0.05) is 32.9 Å². The fourth-order valence-corrected chi connectivity index (χ4v) is 2.59. The van der Waals surface area contributed by atoms with Crippen LogP contribution in [0, 0.1) is 0 Å². The number of amides is 1. The van der Waals surface area contributed by atoms with E-state index in [1.165, 1.54) is 5.56 Å². The average molecular weight is 304 g/mol. The lowest BCUT2D eigenvalue weighted by molar-refractivity contribution is -0.128. The molecule has 0 aliphatic carbocycles. The second kappa shape index (κ2) is 7.14. The highest BCUT2D eigenvalue weighted by molar-refractivity contribution is 5.81. The maximum absolute atomic E-state index is 12.2. The van der Waals surface area contributed by atoms with Crippen molar-refractivity contribution in [1.82, 2.24) is 10.6 Å². The van der Waals surface area contributed by atoms with Crippen LogP contribution in [0.1, 0.15) is 46.1 Å². The zero-order valence-electron chi connectivity index (χ0n) is 14.1. The summed E-state index contributed by atoms with van der Waals surface area (Å²) in [5.41, 5.74) is 1.27. The molecule has 1 unspecified atom stereocenters. The van der Waals surface area contributed by atoms with Gasteiger partial charge in [0.1, 0.15) is 5.75 Å². The van der Waals surface area contributed by atoms with Crippen LogP contribution in [-0.4, -0.2) is 31.1 Å². The molecule has 2 rings (SSSR count). The summed E-state index contributed by atoms with van der Waals surface area (Å²) in [7, 11) is 0. The molecule has 1 heterocycles. The van der Waals surface area contributed by atoms with E-state index in [0.29, 0.717) is 0 Å². The minimum Gasteiger partial charge on any atom is -0.481 e. The van der Waals surface area contributed by atoms with Crippen LogP contribution in [0.4, 0.5) is 0 Å². The summed E-state index contributed by atoms with van der Waals surface area (Å²) in [6.07, 6.45) is 1.65. The van der Waals surface area contributed by atoms with E-state index in [-0.39, 0.29) is 17.4 Å². The Hall–Kier alpha value is -1.55. The van der Waals surface area contributed by atoms with E-state index in [2.05, 4.69) is 37.5 Å². The predicted octanol–water partition coefficient (Wildman–Crippen LogP) is 2.62. The number of carbonyl (C=O) groups is 1. The molecule has 0 saturated carbocycles. The van der Waals surface area contributed by atoms with Gasteiger partial charge in [0.05, 0.1) is 0 Å². The molecule has 2 atom stereocenters. The Labute approximate surface area is 133 Å². The molecular formula is C18H28N2O2. The van der Waals surface area contributed by atoms with Gasteiger partial charge in [-0.2, -0.15) is 0 Å². The van der Waals surface area contributed by atoms with Crippen molar-refractivity contribution in [3.05, 3.63) is 29.8 Å². The zero-order chi connectivity index (χ0) is 16.2. The molecule has 0 aromatic heterocycles. The van der Waals surface area contributed by atoms with E-state index in [1.54, 1.807) is 6.92 Å². The number of ether oxygens (including phenoxy) is 1. The van der Waals surface area contributed by atoms with Crippen LogP contribution in [0.2, 0.25) is 0 Å². The van der Waals surface area contributed by atoms with E-state index in [1.807, 2.05) is 18.2 Å². The fourth-order valence-electron chi connectivity index (χ4n) is 2.59. The van der Waals surface area contributed by atoms with Gasteiger partial charge in [-0.05, 0) is 49.4 Å². The maximum Gasteiger partial charge on any atom is 0.261 e. The van der Waals surface area contributed by atoms with Crippen LogP contribution in [0.15, 0.2) is 24.3 Å². The van der Waals surface area contributed by atoms with Crippen molar-refractivity contribution in [2.75, 3.05) is 13.1 Å². The molecule has 1 aliphatic heterocycles. The molecule has 1 amide bonds. The van der Waals surface area contributed by atoms with E-state index in [0.717, 1.165) is 31.7 Å².